The Bertz CT molecular complexity index is 467. The molecule has 1 unspecified atom stereocenters. The van der Waals surface area contributed by atoms with Crippen molar-refractivity contribution in [1.29, 1.82) is 0 Å². The molecule has 1 aromatic carbocycles. The zero-order valence-corrected chi connectivity index (χ0v) is 9.21. The second-order valence-corrected chi connectivity index (χ2v) is 3.78. The van der Waals surface area contributed by atoms with E-state index in [0.717, 1.165) is 0 Å². The van der Waals surface area contributed by atoms with Crippen molar-refractivity contribution in [3.05, 3.63) is 33.9 Å². The van der Waals surface area contributed by atoms with Gasteiger partial charge < -0.3 is 9.47 Å². The number of hydrogen-bond acceptors (Lipinski definition) is 5. The van der Waals surface area contributed by atoms with E-state index in [2.05, 4.69) is 0 Å². The topological polar surface area (TPSA) is 82.0 Å². The summed E-state index contributed by atoms with van der Waals surface area (Å²) >= 11 is 0. The van der Waals surface area contributed by atoms with Crippen LogP contribution in [-0.2, 0) is 16.0 Å². The molecule has 0 N–H and O–H groups in total. The molecule has 0 saturated carbocycles. The van der Waals surface area contributed by atoms with Gasteiger partial charge in [0.1, 0.15) is 0 Å². The number of benzene rings is 1. The van der Waals surface area contributed by atoms with Crippen LogP contribution in [0.25, 0.3) is 0 Å². The van der Waals surface area contributed by atoms with Crippen molar-refractivity contribution in [3.63, 3.8) is 0 Å². The Labute approximate surface area is 97.3 Å². The molecule has 0 amide bonds. The smallest absolute Gasteiger partial charge is 0.311 e. The number of nitro benzene ring substituents is 1. The third-order valence-electron chi connectivity index (χ3n) is 2.37. The van der Waals surface area contributed by atoms with Crippen molar-refractivity contribution in [2.75, 3.05) is 6.61 Å². The SMILES string of the molecule is CC(=O)Oc1c(CC2CO2)cccc1[N+](=O)[O-]. The summed E-state index contributed by atoms with van der Waals surface area (Å²) in [6.45, 7) is 1.86. The normalized spacial score (nSPS) is 17.6. The van der Waals surface area contributed by atoms with Gasteiger partial charge in [0.2, 0.25) is 5.75 Å². The average molecular weight is 237 g/mol. The number of carbonyl (C=O) groups is 1. The van der Waals surface area contributed by atoms with E-state index in [0.29, 0.717) is 18.6 Å². The Balaban J connectivity index is 2.37. The Morgan fingerprint density at radius 1 is 1.65 bits per heavy atom. The summed E-state index contributed by atoms with van der Waals surface area (Å²) in [7, 11) is 0. The Kier molecular flexibility index (Phi) is 3.06. The number of epoxide rings is 1. The number of carbonyl (C=O) groups excluding carboxylic acids is 1. The summed E-state index contributed by atoms with van der Waals surface area (Å²) in [5.74, 6) is -0.544. The van der Waals surface area contributed by atoms with Crippen LogP contribution in [0.1, 0.15) is 12.5 Å². The van der Waals surface area contributed by atoms with Gasteiger partial charge in [-0.25, -0.2) is 0 Å². The highest BCUT2D eigenvalue weighted by molar-refractivity contribution is 5.72. The maximum absolute atomic E-state index is 11.0. The van der Waals surface area contributed by atoms with Crippen molar-refractivity contribution in [1.82, 2.24) is 0 Å². The highest BCUT2D eigenvalue weighted by Gasteiger charge is 2.28. The third-order valence-corrected chi connectivity index (χ3v) is 2.37. The van der Waals surface area contributed by atoms with E-state index < -0.39 is 10.9 Å². The van der Waals surface area contributed by atoms with E-state index in [9.17, 15) is 14.9 Å². The minimum atomic E-state index is -0.572. The first kappa shape index (κ1) is 11.5. The van der Waals surface area contributed by atoms with E-state index in [4.69, 9.17) is 9.47 Å². The molecular formula is C11H11NO5. The average Bonchev–Trinajstić information content (AvgIpc) is 3.03. The fourth-order valence-corrected chi connectivity index (χ4v) is 1.57. The fourth-order valence-electron chi connectivity index (χ4n) is 1.57. The number of hydrogen-bond donors (Lipinski definition) is 0. The monoisotopic (exact) mass is 237 g/mol. The first-order valence-corrected chi connectivity index (χ1v) is 5.14. The molecule has 0 spiro atoms. The summed E-state index contributed by atoms with van der Waals surface area (Å²) in [6.07, 6.45) is 0.593. The van der Waals surface area contributed by atoms with Gasteiger partial charge in [-0.1, -0.05) is 12.1 Å². The van der Waals surface area contributed by atoms with E-state index in [1.807, 2.05) is 0 Å². The number of ether oxygens (including phenoxy) is 2. The molecule has 0 aliphatic carbocycles. The number of para-hydroxylation sites is 1. The van der Waals surface area contributed by atoms with Crippen molar-refractivity contribution in [3.8, 4) is 5.75 Å². The highest BCUT2D eigenvalue weighted by atomic mass is 16.6. The molecule has 0 aromatic heterocycles. The largest absolute Gasteiger partial charge is 0.419 e. The van der Waals surface area contributed by atoms with E-state index in [1.165, 1.54) is 13.0 Å². The van der Waals surface area contributed by atoms with Crippen LogP contribution in [0, 0.1) is 10.1 Å². The van der Waals surface area contributed by atoms with E-state index in [1.54, 1.807) is 12.1 Å². The number of nitro groups is 1. The van der Waals surface area contributed by atoms with Gasteiger partial charge in [0, 0.05) is 25.0 Å². The lowest BCUT2D eigenvalue weighted by Gasteiger charge is -2.07. The lowest BCUT2D eigenvalue weighted by atomic mass is 10.1. The Morgan fingerprint density at radius 3 is 2.88 bits per heavy atom. The molecule has 1 saturated heterocycles. The molecule has 1 aliphatic rings. The zero-order chi connectivity index (χ0) is 12.4. The van der Waals surface area contributed by atoms with Crippen LogP contribution in [0.5, 0.6) is 5.75 Å². The van der Waals surface area contributed by atoms with Crippen molar-refractivity contribution < 1.29 is 19.2 Å². The molecule has 0 bridgehead atoms. The van der Waals surface area contributed by atoms with Crippen LogP contribution >= 0.6 is 0 Å². The van der Waals surface area contributed by atoms with E-state index >= 15 is 0 Å². The lowest BCUT2D eigenvalue weighted by molar-refractivity contribution is -0.385. The molecule has 1 heterocycles. The lowest BCUT2D eigenvalue weighted by Crippen LogP contribution is -2.08. The Morgan fingerprint density at radius 2 is 2.35 bits per heavy atom. The summed E-state index contributed by atoms with van der Waals surface area (Å²) in [5.41, 5.74) is 0.426. The van der Waals surface area contributed by atoms with Crippen LogP contribution in [0.3, 0.4) is 0 Å². The Hall–Kier alpha value is -1.95. The number of esters is 1. The second kappa shape index (κ2) is 4.50. The van der Waals surface area contributed by atoms with Crippen LogP contribution in [0.15, 0.2) is 18.2 Å². The predicted molar refractivity (Wildman–Crippen MR) is 57.8 cm³/mol. The van der Waals surface area contributed by atoms with Gasteiger partial charge in [-0.15, -0.1) is 0 Å². The maximum Gasteiger partial charge on any atom is 0.311 e. The third kappa shape index (κ3) is 2.79. The first-order valence-electron chi connectivity index (χ1n) is 5.14. The molecule has 1 atom stereocenters. The van der Waals surface area contributed by atoms with E-state index in [-0.39, 0.29) is 17.5 Å². The molecule has 6 heteroatoms. The molecule has 90 valence electrons. The molecule has 0 radical (unpaired) electrons. The van der Waals surface area contributed by atoms with Crippen molar-refractivity contribution >= 4 is 11.7 Å². The highest BCUT2D eigenvalue weighted by Crippen LogP contribution is 2.33. The molecule has 6 nitrogen and oxygen atoms in total. The second-order valence-electron chi connectivity index (χ2n) is 3.78. The van der Waals surface area contributed by atoms with Crippen LogP contribution in [-0.4, -0.2) is 23.6 Å². The fraction of sp³-hybridized carbons (Fsp3) is 0.364. The van der Waals surface area contributed by atoms with Gasteiger partial charge in [-0.2, -0.15) is 0 Å². The van der Waals surface area contributed by atoms with Gasteiger partial charge in [0.05, 0.1) is 17.6 Å². The van der Waals surface area contributed by atoms with Gasteiger partial charge in [-0.3, -0.25) is 14.9 Å². The summed E-state index contributed by atoms with van der Waals surface area (Å²) in [4.78, 5) is 21.2. The summed E-state index contributed by atoms with van der Waals surface area (Å²) in [6, 6.07) is 4.59. The predicted octanol–water partition coefficient (Wildman–Crippen LogP) is 1.46. The molecular weight excluding hydrogens is 226 g/mol. The first-order chi connectivity index (χ1) is 8.08. The van der Waals surface area contributed by atoms with Crippen LogP contribution in [0.4, 0.5) is 5.69 Å². The molecule has 1 fully saturated rings. The molecule has 1 aromatic rings. The van der Waals surface area contributed by atoms with Crippen molar-refractivity contribution in [2.45, 2.75) is 19.4 Å². The summed E-state index contributed by atoms with van der Waals surface area (Å²) < 4.78 is 9.99. The maximum atomic E-state index is 11.0. The van der Waals surface area contributed by atoms with Crippen molar-refractivity contribution in [2.24, 2.45) is 0 Å². The van der Waals surface area contributed by atoms with Gasteiger partial charge in [0.15, 0.2) is 0 Å². The standard InChI is InChI=1S/C11H11NO5/c1-7(13)17-11-8(5-9-6-16-9)3-2-4-10(11)12(14)15/h2-4,9H,5-6H2,1H3. The zero-order valence-electron chi connectivity index (χ0n) is 9.21. The van der Waals surface area contributed by atoms with Gasteiger partial charge in [0.25, 0.3) is 0 Å². The van der Waals surface area contributed by atoms with Crippen LogP contribution in [0.2, 0.25) is 0 Å². The number of rotatable bonds is 4. The minimum Gasteiger partial charge on any atom is -0.419 e. The van der Waals surface area contributed by atoms with Gasteiger partial charge in [-0.05, 0) is 0 Å². The molecule has 17 heavy (non-hydrogen) atoms. The molecule has 1 aliphatic heterocycles. The quantitative estimate of drug-likeness (QED) is 0.260. The number of nitrogens with zero attached hydrogens (tertiary/aromatic N) is 1. The summed E-state index contributed by atoms with van der Waals surface area (Å²) in [5, 5.41) is 10.8. The van der Waals surface area contributed by atoms with Gasteiger partial charge >= 0.3 is 11.7 Å². The van der Waals surface area contributed by atoms with Crippen LogP contribution < -0.4 is 4.74 Å². The molecule has 2 rings (SSSR count). The minimum absolute atomic E-state index is 0.0282.